The molecule has 8 heteroatoms. The zero-order valence-electron chi connectivity index (χ0n) is 18.0. The van der Waals surface area contributed by atoms with Crippen molar-refractivity contribution in [2.45, 2.75) is 12.1 Å². The zero-order valence-corrected chi connectivity index (χ0v) is 18.8. The van der Waals surface area contributed by atoms with Crippen molar-refractivity contribution in [3.63, 3.8) is 0 Å². The SMILES string of the molecule is CCOc1ccccc1C=NNC(=O)CSc1nc2ccccc2c(=O)n1-c1ccccc1. The molecule has 0 spiro atoms. The minimum Gasteiger partial charge on any atom is -0.493 e. The molecule has 0 bridgehead atoms. The molecule has 1 heterocycles. The Balaban J connectivity index is 1.52. The van der Waals surface area contributed by atoms with Crippen molar-refractivity contribution < 1.29 is 9.53 Å². The van der Waals surface area contributed by atoms with Crippen molar-refractivity contribution in [3.8, 4) is 11.4 Å². The van der Waals surface area contributed by atoms with E-state index in [1.54, 1.807) is 18.3 Å². The lowest BCUT2D eigenvalue weighted by Crippen LogP contribution is -2.24. The topological polar surface area (TPSA) is 85.6 Å². The summed E-state index contributed by atoms with van der Waals surface area (Å²) in [5.74, 6) is 0.425. The fraction of sp³-hybridized carbons (Fsp3) is 0.120. The number of hydrogen-bond donors (Lipinski definition) is 1. The summed E-state index contributed by atoms with van der Waals surface area (Å²) in [6.07, 6.45) is 1.54. The van der Waals surface area contributed by atoms with E-state index < -0.39 is 0 Å². The molecule has 4 rings (SSSR count). The first kappa shape index (κ1) is 22.3. The van der Waals surface area contributed by atoms with Crippen molar-refractivity contribution in [1.82, 2.24) is 15.0 Å². The number of rotatable bonds is 8. The number of carbonyl (C=O) groups is 1. The summed E-state index contributed by atoms with van der Waals surface area (Å²) < 4.78 is 7.08. The molecule has 0 radical (unpaired) electrons. The highest BCUT2D eigenvalue weighted by Crippen LogP contribution is 2.21. The highest BCUT2D eigenvalue weighted by Gasteiger charge is 2.14. The highest BCUT2D eigenvalue weighted by atomic mass is 32.2. The fourth-order valence-electron chi connectivity index (χ4n) is 3.22. The molecule has 0 unspecified atom stereocenters. The van der Waals surface area contributed by atoms with Crippen LogP contribution in [0.2, 0.25) is 0 Å². The molecule has 0 saturated carbocycles. The Bertz CT molecular complexity index is 1350. The van der Waals surface area contributed by atoms with Crippen LogP contribution in [0.3, 0.4) is 0 Å². The van der Waals surface area contributed by atoms with Crippen LogP contribution in [0.1, 0.15) is 12.5 Å². The second-order valence-electron chi connectivity index (χ2n) is 6.94. The van der Waals surface area contributed by atoms with E-state index in [4.69, 9.17) is 4.74 Å². The van der Waals surface area contributed by atoms with Gasteiger partial charge >= 0.3 is 0 Å². The normalized spacial score (nSPS) is 11.1. The van der Waals surface area contributed by atoms with E-state index in [-0.39, 0.29) is 17.2 Å². The third-order valence-corrected chi connectivity index (χ3v) is 5.64. The maximum Gasteiger partial charge on any atom is 0.266 e. The van der Waals surface area contributed by atoms with Crippen molar-refractivity contribution in [3.05, 3.63) is 94.8 Å². The first-order valence-electron chi connectivity index (χ1n) is 10.4. The first-order chi connectivity index (χ1) is 16.2. The number of para-hydroxylation sites is 3. The lowest BCUT2D eigenvalue weighted by atomic mass is 10.2. The lowest BCUT2D eigenvalue weighted by Gasteiger charge is -2.12. The molecule has 4 aromatic rings. The van der Waals surface area contributed by atoms with Crippen LogP contribution in [0, 0.1) is 0 Å². The van der Waals surface area contributed by atoms with Gasteiger partial charge in [0.05, 0.1) is 35.2 Å². The molecule has 0 aliphatic heterocycles. The molecular weight excluding hydrogens is 436 g/mol. The quantitative estimate of drug-likeness (QED) is 0.187. The van der Waals surface area contributed by atoms with Gasteiger partial charge < -0.3 is 4.74 Å². The number of hydrogen-bond acceptors (Lipinski definition) is 6. The second-order valence-corrected chi connectivity index (χ2v) is 7.88. The van der Waals surface area contributed by atoms with Gasteiger partial charge in [-0.05, 0) is 43.3 Å². The number of amides is 1. The van der Waals surface area contributed by atoms with E-state index in [0.29, 0.717) is 34.1 Å². The monoisotopic (exact) mass is 458 g/mol. The van der Waals surface area contributed by atoms with E-state index in [0.717, 1.165) is 5.56 Å². The van der Waals surface area contributed by atoms with E-state index in [1.807, 2.05) is 73.7 Å². The molecule has 0 aliphatic rings. The number of aromatic nitrogens is 2. The summed E-state index contributed by atoms with van der Waals surface area (Å²) >= 11 is 1.18. The van der Waals surface area contributed by atoms with Crippen LogP contribution in [0.15, 0.2) is 93.9 Å². The van der Waals surface area contributed by atoms with E-state index in [2.05, 4.69) is 15.5 Å². The molecule has 0 aliphatic carbocycles. The van der Waals surface area contributed by atoms with Gasteiger partial charge in [-0.2, -0.15) is 5.10 Å². The van der Waals surface area contributed by atoms with Crippen LogP contribution < -0.4 is 15.7 Å². The van der Waals surface area contributed by atoms with Crippen LogP contribution in [0.4, 0.5) is 0 Å². The number of nitrogens with one attached hydrogen (secondary N) is 1. The highest BCUT2D eigenvalue weighted by molar-refractivity contribution is 7.99. The molecule has 3 aromatic carbocycles. The summed E-state index contributed by atoms with van der Waals surface area (Å²) in [6.45, 7) is 2.44. The Morgan fingerprint density at radius 2 is 1.79 bits per heavy atom. The average molecular weight is 459 g/mol. The molecule has 33 heavy (non-hydrogen) atoms. The molecular formula is C25H22N4O3S. The third kappa shape index (κ3) is 5.30. The van der Waals surface area contributed by atoms with Gasteiger partial charge in [-0.3, -0.25) is 14.2 Å². The maximum atomic E-state index is 13.2. The Morgan fingerprint density at radius 3 is 2.61 bits per heavy atom. The molecule has 7 nitrogen and oxygen atoms in total. The molecule has 1 N–H and O–H groups in total. The Hall–Kier alpha value is -3.91. The minimum atomic E-state index is -0.313. The van der Waals surface area contributed by atoms with Crippen LogP contribution in [0.5, 0.6) is 5.75 Å². The Labute approximate surface area is 195 Å². The van der Waals surface area contributed by atoms with E-state index in [1.165, 1.54) is 16.3 Å². The summed E-state index contributed by atoms with van der Waals surface area (Å²) in [4.78, 5) is 30.2. The van der Waals surface area contributed by atoms with Gasteiger partial charge in [0.1, 0.15) is 5.75 Å². The van der Waals surface area contributed by atoms with E-state index >= 15 is 0 Å². The predicted molar refractivity (Wildman–Crippen MR) is 131 cm³/mol. The van der Waals surface area contributed by atoms with Gasteiger partial charge in [-0.15, -0.1) is 0 Å². The third-order valence-electron chi connectivity index (χ3n) is 4.70. The summed E-state index contributed by atoms with van der Waals surface area (Å²) in [6, 6.07) is 23.9. The van der Waals surface area contributed by atoms with Gasteiger partial charge in [0.15, 0.2) is 5.16 Å². The van der Waals surface area contributed by atoms with Crippen LogP contribution in [-0.2, 0) is 4.79 Å². The van der Waals surface area contributed by atoms with Crippen molar-refractivity contribution in [2.75, 3.05) is 12.4 Å². The number of fused-ring (bicyclic) bond motifs is 1. The number of ether oxygens (including phenoxy) is 1. The molecule has 0 fully saturated rings. The number of thioether (sulfide) groups is 1. The number of hydrazone groups is 1. The summed E-state index contributed by atoms with van der Waals surface area (Å²) in [5.41, 5.74) is 4.38. The smallest absolute Gasteiger partial charge is 0.266 e. The second kappa shape index (κ2) is 10.6. The van der Waals surface area contributed by atoms with Gasteiger partial charge in [-0.25, -0.2) is 10.4 Å². The first-order valence-corrected chi connectivity index (χ1v) is 11.4. The van der Waals surface area contributed by atoms with Crippen molar-refractivity contribution in [2.24, 2.45) is 5.10 Å². The minimum absolute atomic E-state index is 0.0437. The van der Waals surface area contributed by atoms with Crippen LogP contribution in [-0.4, -0.2) is 34.0 Å². The largest absolute Gasteiger partial charge is 0.493 e. The van der Waals surface area contributed by atoms with Gasteiger partial charge in [0.25, 0.3) is 11.5 Å². The summed E-state index contributed by atoms with van der Waals surface area (Å²) in [7, 11) is 0. The number of benzene rings is 3. The van der Waals surface area contributed by atoms with Crippen molar-refractivity contribution >= 4 is 34.8 Å². The maximum absolute atomic E-state index is 13.2. The van der Waals surface area contributed by atoms with Crippen molar-refractivity contribution in [1.29, 1.82) is 0 Å². The molecule has 1 amide bonds. The standard InChI is InChI=1S/C25H22N4O3S/c1-2-32-22-15-9-6-10-18(22)16-26-28-23(30)17-33-25-27-21-14-8-7-13-20(21)24(31)29(25)19-11-4-3-5-12-19/h3-16H,2,17H2,1H3,(H,28,30). The average Bonchev–Trinajstić information content (AvgIpc) is 2.84. The molecule has 0 atom stereocenters. The Morgan fingerprint density at radius 1 is 1.06 bits per heavy atom. The predicted octanol–water partition coefficient (Wildman–Crippen LogP) is 4.03. The number of carbonyl (C=O) groups excluding carboxylic acids is 1. The van der Waals surface area contributed by atoms with Gasteiger partial charge in [-0.1, -0.05) is 54.2 Å². The van der Waals surface area contributed by atoms with Gasteiger partial charge in [0, 0.05) is 5.56 Å². The molecule has 0 saturated heterocycles. The number of nitrogens with zero attached hydrogens (tertiary/aromatic N) is 3. The Kier molecular flexibility index (Phi) is 7.16. The fourth-order valence-corrected chi connectivity index (χ4v) is 4.03. The lowest BCUT2D eigenvalue weighted by molar-refractivity contribution is -0.118. The summed E-state index contributed by atoms with van der Waals surface area (Å²) in [5, 5.41) is 4.99. The van der Waals surface area contributed by atoms with Crippen LogP contribution >= 0.6 is 11.8 Å². The van der Waals surface area contributed by atoms with Crippen LogP contribution in [0.25, 0.3) is 16.6 Å². The van der Waals surface area contributed by atoms with Gasteiger partial charge in [0.2, 0.25) is 0 Å². The molecule has 166 valence electrons. The molecule has 1 aromatic heterocycles. The van der Waals surface area contributed by atoms with E-state index in [9.17, 15) is 9.59 Å². The zero-order chi connectivity index (χ0) is 23.0.